The van der Waals surface area contributed by atoms with Crippen LogP contribution in [-0.2, 0) is 4.79 Å². The average molecular weight is 593 g/mol. The Morgan fingerprint density at radius 1 is 0.333 bits per heavy atom. The molecule has 0 aromatic heterocycles. The van der Waals surface area contributed by atoms with E-state index in [0.29, 0.717) is 0 Å². The Morgan fingerprint density at radius 3 is 0.667 bits per heavy atom. The molecule has 1 unspecified atom stereocenters. The minimum atomic E-state index is -0.556. The number of carboxylic acids is 1. The zero-order valence-corrected chi connectivity index (χ0v) is 29.4. The van der Waals surface area contributed by atoms with Crippen molar-refractivity contribution in [1.82, 2.24) is 0 Å². The SMILES string of the molecule is CCCCCCCCCCCCCCCCCCCCCCCCCCC(CCCCCCCCCCCC)C(=O)O. The third-order valence-electron chi connectivity index (χ3n) is 9.66. The first-order chi connectivity index (χ1) is 20.7. The van der Waals surface area contributed by atoms with Gasteiger partial charge in [-0.25, -0.2) is 0 Å². The van der Waals surface area contributed by atoms with Crippen LogP contribution in [0.1, 0.15) is 245 Å². The second kappa shape index (κ2) is 36.7. The van der Waals surface area contributed by atoms with Crippen molar-refractivity contribution in [2.75, 3.05) is 0 Å². The fourth-order valence-electron chi connectivity index (χ4n) is 6.62. The molecule has 0 saturated carbocycles. The van der Waals surface area contributed by atoms with Crippen LogP contribution in [-0.4, -0.2) is 11.1 Å². The summed E-state index contributed by atoms with van der Waals surface area (Å²) in [5, 5.41) is 9.60. The van der Waals surface area contributed by atoms with Gasteiger partial charge in [0.05, 0.1) is 5.92 Å². The average Bonchev–Trinajstić information content (AvgIpc) is 2.99. The van der Waals surface area contributed by atoms with Crippen molar-refractivity contribution in [2.24, 2.45) is 5.92 Å². The smallest absolute Gasteiger partial charge is 0.306 e. The first-order valence-corrected chi connectivity index (χ1v) is 19.9. The summed E-state index contributed by atoms with van der Waals surface area (Å²) in [6, 6.07) is 0. The quantitative estimate of drug-likeness (QED) is 0.0728. The Bertz CT molecular complexity index is 502. The maximum atomic E-state index is 11.7. The van der Waals surface area contributed by atoms with Crippen molar-refractivity contribution < 1.29 is 9.90 Å². The van der Waals surface area contributed by atoms with Gasteiger partial charge in [-0.1, -0.05) is 232 Å². The molecule has 1 N–H and O–H groups in total. The van der Waals surface area contributed by atoms with Gasteiger partial charge in [0.1, 0.15) is 0 Å². The zero-order valence-electron chi connectivity index (χ0n) is 29.4. The van der Waals surface area contributed by atoms with Crippen molar-refractivity contribution >= 4 is 5.97 Å². The van der Waals surface area contributed by atoms with Crippen LogP contribution < -0.4 is 0 Å². The van der Waals surface area contributed by atoms with Gasteiger partial charge >= 0.3 is 5.97 Å². The summed E-state index contributed by atoms with van der Waals surface area (Å²) in [6.45, 7) is 4.57. The second-order valence-electron chi connectivity index (χ2n) is 13.9. The first kappa shape index (κ1) is 41.5. The molecule has 0 radical (unpaired) electrons. The van der Waals surface area contributed by atoms with Crippen molar-refractivity contribution in [2.45, 2.75) is 245 Å². The minimum absolute atomic E-state index is 0.0984. The lowest BCUT2D eigenvalue weighted by molar-refractivity contribution is -0.142. The molecule has 252 valence electrons. The highest BCUT2D eigenvalue weighted by atomic mass is 16.4. The normalized spacial score (nSPS) is 12.2. The Labute approximate surface area is 266 Å². The van der Waals surface area contributed by atoms with Gasteiger partial charge in [-0.3, -0.25) is 4.79 Å². The van der Waals surface area contributed by atoms with Gasteiger partial charge in [0.15, 0.2) is 0 Å². The molecule has 0 saturated heterocycles. The molecule has 2 nitrogen and oxygen atoms in total. The van der Waals surface area contributed by atoms with Gasteiger partial charge in [-0.2, -0.15) is 0 Å². The lowest BCUT2D eigenvalue weighted by Crippen LogP contribution is -2.13. The molecular formula is C40H80O2. The summed E-state index contributed by atoms with van der Waals surface area (Å²) < 4.78 is 0. The van der Waals surface area contributed by atoms with Gasteiger partial charge in [0.25, 0.3) is 0 Å². The third kappa shape index (κ3) is 34.0. The van der Waals surface area contributed by atoms with E-state index in [2.05, 4.69) is 13.8 Å². The standard InChI is InChI=1S/C40H80O2/c1-3-5-7-9-11-13-15-16-17-18-19-20-21-22-23-24-25-26-27-28-30-32-34-36-38-39(40(41)42)37-35-33-31-29-14-12-10-8-6-4-2/h39H,3-38H2,1-2H3,(H,41,42). The highest BCUT2D eigenvalue weighted by Crippen LogP contribution is 2.20. The summed E-state index contributed by atoms with van der Waals surface area (Å²) in [5.74, 6) is -0.654. The van der Waals surface area contributed by atoms with Crippen molar-refractivity contribution in [3.05, 3.63) is 0 Å². The topological polar surface area (TPSA) is 37.3 Å². The van der Waals surface area contributed by atoms with E-state index < -0.39 is 5.97 Å². The highest BCUT2D eigenvalue weighted by Gasteiger charge is 2.16. The van der Waals surface area contributed by atoms with Gasteiger partial charge in [-0.15, -0.1) is 0 Å². The molecule has 0 aromatic rings. The molecule has 0 aliphatic rings. The van der Waals surface area contributed by atoms with Crippen LogP contribution in [0.3, 0.4) is 0 Å². The summed E-state index contributed by atoms with van der Waals surface area (Å²) in [5.41, 5.74) is 0. The van der Waals surface area contributed by atoms with Crippen LogP contribution in [0.2, 0.25) is 0 Å². The molecule has 0 aliphatic carbocycles. The fraction of sp³-hybridized carbons (Fsp3) is 0.975. The number of rotatable bonds is 37. The molecule has 0 aromatic carbocycles. The van der Waals surface area contributed by atoms with E-state index in [1.165, 1.54) is 205 Å². The minimum Gasteiger partial charge on any atom is -0.481 e. The molecule has 0 aliphatic heterocycles. The van der Waals surface area contributed by atoms with Crippen molar-refractivity contribution in [1.29, 1.82) is 0 Å². The van der Waals surface area contributed by atoms with Crippen molar-refractivity contribution in [3.63, 3.8) is 0 Å². The molecular weight excluding hydrogens is 512 g/mol. The molecule has 2 heteroatoms. The van der Waals surface area contributed by atoms with E-state index in [9.17, 15) is 9.90 Å². The third-order valence-corrected chi connectivity index (χ3v) is 9.66. The van der Waals surface area contributed by atoms with Gasteiger partial charge < -0.3 is 5.11 Å². The molecule has 0 fully saturated rings. The number of carbonyl (C=O) groups is 1. The Hall–Kier alpha value is -0.530. The van der Waals surface area contributed by atoms with E-state index in [-0.39, 0.29) is 5.92 Å². The van der Waals surface area contributed by atoms with Crippen molar-refractivity contribution in [3.8, 4) is 0 Å². The molecule has 0 heterocycles. The first-order valence-electron chi connectivity index (χ1n) is 19.9. The van der Waals surface area contributed by atoms with Crippen LogP contribution in [0, 0.1) is 5.92 Å². The maximum absolute atomic E-state index is 11.7. The monoisotopic (exact) mass is 593 g/mol. The second-order valence-corrected chi connectivity index (χ2v) is 13.9. The summed E-state index contributed by atoms with van der Waals surface area (Å²) in [4.78, 5) is 11.7. The number of unbranched alkanes of at least 4 members (excludes halogenated alkanes) is 32. The molecule has 0 amide bonds. The van der Waals surface area contributed by atoms with Crippen LogP contribution in [0.4, 0.5) is 0 Å². The van der Waals surface area contributed by atoms with Crippen LogP contribution >= 0.6 is 0 Å². The molecule has 1 atom stereocenters. The lowest BCUT2D eigenvalue weighted by atomic mass is 9.94. The van der Waals surface area contributed by atoms with E-state index in [4.69, 9.17) is 0 Å². The van der Waals surface area contributed by atoms with Gasteiger partial charge in [0, 0.05) is 0 Å². The molecule has 42 heavy (non-hydrogen) atoms. The Balaban J connectivity index is 3.30. The van der Waals surface area contributed by atoms with Crippen LogP contribution in [0.25, 0.3) is 0 Å². The highest BCUT2D eigenvalue weighted by molar-refractivity contribution is 5.69. The molecule has 0 spiro atoms. The van der Waals surface area contributed by atoms with Gasteiger partial charge in [0.2, 0.25) is 0 Å². The number of hydrogen-bond donors (Lipinski definition) is 1. The number of aliphatic carboxylic acids is 1. The van der Waals surface area contributed by atoms with Crippen LogP contribution in [0.15, 0.2) is 0 Å². The zero-order chi connectivity index (χ0) is 30.6. The largest absolute Gasteiger partial charge is 0.481 e. The number of carboxylic acid groups (broad SMARTS) is 1. The predicted molar refractivity (Wildman–Crippen MR) is 189 cm³/mol. The Morgan fingerprint density at radius 2 is 0.500 bits per heavy atom. The molecule has 0 bridgehead atoms. The maximum Gasteiger partial charge on any atom is 0.306 e. The van der Waals surface area contributed by atoms with Gasteiger partial charge in [-0.05, 0) is 12.8 Å². The number of hydrogen-bond acceptors (Lipinski definition) is 1. The van der Waals surface area contributed by atoms with E-state index in [0.717, 1.165) is 25.7 Å². The Kier molecular flexibility index (Phi) is 36.2. The van der Waals surface area contributed by atoms with E-state index >= 15 is 0 Å². The van der Waals surface area contributed by atoms with Crippen LogP contribution in [0.5, 0.6) is 0 Å². The summed E-state index contributed by atoms with van der Waals surface area (Å²) >= 11 is 0. The molecule has 0 rings (SSSR count). The van der Waals surface area contributed by atoms with E-state index in [1.54, 1.807) is 0 Å². The predicted octanol–water partition coefficient (Wildman–Crippen LogP) is 14.8. The van der Waals surface area contributed by atoms with E-state index in [1.807, 2.05) is 0 Å². The lowest BCUT2D eigenvalue weighted by Gasteiger charge is -2.12. The summed E-state index contributed by atoms with van der Waals surface area (Å²) in [7, 11) is 0. The summed E-state index contributed by atoms with van der Waals surface area (Å²) in [6.07, 6.45) is 48.8. The fourth-order valence-corrected chi connectivity index (χ4v) is 6.62.